The number of aromatic nitrogens is 3. The zero-order chi connectivity index (χ0) is 28.7. The molecule has 3 aromatic rings. The summed E-state index contributed by atoms with van der Waals surface area (Å²) in [6.07, 6.45) is 1.04. The number of benzene rings is 1. The van der Waals surface area contributed by atoms with Gasteiger partial charge < -0.3 is 24.5 Å². The lowest BCUT2D eigenvalue weighted by Crippen LogP contribution is -2.49. The van der Waals surface area contributed by atoms with E-state index in [1.807, 2.05) is 26.0 Å². The monoisotopic (exact) mass is 553 g/mol. The molecule has 4 heterocycles. The summed E-state index contributed by atoms with van der Waals surface area (Å²) in [5, 5.41) is 14.0. The highest BCUT2D eigenvalue weighted by atomic mass is 19.1. The van der Waals surface area contributed by atoms with Gasteiger partial charge in [-0.2, -0.15) is 0 Å². The van der Waals surface area contributed by atoms with Crippen molar-refractivity contribution in [2.45, 2.75) is 84.8 Å². The Hall–Kier alpha value is -2.92. The SMILES string of the molecule is Cc1cc2c(=O)c(C)c(CN3[C@H](C)COC[C@@H]3C)n(C(C)C)c2cc1-c1nc(N[C@@H]2CCOC[C@H]2O)ncc1F. The van der Waals surface area contributed by atoms with Gasteiger partial charge in [0.2, 0.25) is 5.95 Å². The van der Waals surface area contributed by atoms with Crippen LogP contribution in [0.5, 0.6) is 0 Å². The number of morpholine rings is 1. The van der Waals surface area contributed by atoms with Crippen LogP contribution in [0.2, 0.25) is 0 Å². The molecule has 9 nitrogen and oxygen atoms in total. The third-order valence-corrected chi connectivity index (χ3v) is 8.25. The zero-order valence-corrected chi connectivity index (χ0v) is 24.2. The van der Waals surface area contributed by atoms with E-state index in [0.717, 1.165) is 28.5 Å². The number of aliphatic hydroxyl groups is 1. The molecule has 2 aliphatic heterocycles. The Kier molecular flexibility index (Phi) is 8.24. The summed E-state index contributed by atoms with van der Waals surface area (Å²) in [4.78, 5) is 24.7. The van der Waals surface area contributed by atoms with Crippen molar-refractivity contribution in [2.75, 3.05) is 31.7 Å². The molecule has 4 atom stereocenters. The Morgan fingerprint density at radius 3 is 2.55 bits per heavy atom. The van der Waals surface area contributed by atoms with Gasteiger partial charge in [0, 0.05) is 53.5 Å². The van der Waals surface area contributed by atoms with Crippen molar-refractivity contribution in [2.24, 2.45) is 0 Å². The highest BCUT2D eigenvalue weighted by molar-refractivity contribution is 5.87. The third kappa shape index (κ3) is 5.37. The highest BCUT2D eigenvalue weighted by Gasteiger charge is 2.29. The number of hydrogen-bond acceptors (Lipinski definition) is 8. The molecule has 2 aliphatic rings. The smallest absolute Gasteiger partial charge is 0.223 e. The molecule has 0 amide bonds. The van der Waals surface area contributed by atoms with Crippen molar-refractivity contribution < 1.29 is 19.0 Å². The fourth-order valence-corrected chi connectivity index (χ4v) is 5.98. The van der Waals surface area contributed by atoms with Crippen molar-refractivity contribution >= 4 is 16.9 Å². The van der Waals surface area contributed by atoms with Crippen LogP contribution in [0, 0.1) is 19.7 Å². The normalized spacial score (nSPS) is 24.1. The van der Waals surface area contributed by atoms with E-state index in [-0.39, 0.29) is 47.8 Å². The molecular formula is C30H40FN5O4. The number of halogens is 1. The van der Waals surface area contributed by atoms with Crippen molar-refractivity contribution in [1.29, 1.82) is 0 Å². The molecule has 1 aromatic carbocycles. The summed E-state index contributed by atoms with van der Waals surface area (Å²) in [5.74, 6) is -0.315. The van der Waals surface area contributed by atoms with Crippen molar-refractivity contribution in [3.8, 4) is 11.3 Å². The quantitative estimate of drug-likeness (QED) is 0.473. The Labute approximate surface area is 234 Å². The zero-order valence-electron chi connectivity index (χ0n) is 24.2. The molecule has 2 aromatic heterocycles. The van der Waals surface area contributed by atoms with Crippen molar-refractivity contribution in [3.63, 3.8) is 0 Å². The lowest BCUT2D eigenvalue weighted by Gasteiger charge is -2.39. The van der Waals surface area contributed by atoms with Crippen molar-refractivity contribution in [3.05, 3.63) is 51.2 Å². The maximum Gasteiger partial charge on any atom is 0.223 e. The first-order valence-electron chi connectivity index (χ1n) is 14.1. The minimum Gasteiger partial charge on any atom is -0.389 e. The number of aliphatic hydroxyl groups excluding tert-OH is 1. The molecular weight excluding hydrogens is 513 g/mol. The van der Waals surface area contributed by atoms with E-state index in [2.05, 4.69) is 52.4 Å². The first kappa shape index (κ1) is 28.6. The molecule has 2 saturated heterocycles. The number of aryl methyl sites for hydroxylation is 1. The first-order chi connectivity index (χ1) is 19.1. The van der Waals surface area contributed by atoms with Crippen LogP contribution in [0.4, 0.5) is 10.3 Å². The predicted octanol–water partition coefficient (Wildman–Crippen LogP) is 3.97. The summed E-state index contributed by atoms with van der Waals surface area (Å²) in [5.41, 5.74) is 3.93. The minimum absolute atomic E-state index is 0.0101. The molecule has 0 bridgehead atoms. The Morgan fingerprint density at radius 1 is 1.15 bits per heavy atom. The van der Waals surface area contributed by atoms with Crippen LogP contribution in [0.25, 0.3) is 22.2 Å². The Bertz CT molecular complexity index is 1450. The molecule has 5 rings (SSSR count). The van der Waals surface area contributed by atoms with Crippen LogP contribution in [0.15, 0.2) is 23.1 Å². The maximum absolute atomic E-state index is 15.3. The van der Waals surface area contributed by atoms with Gasteiger partial charge in [-0.25, -0.2) is 14.4 Å². The summed E-state index contributed by atoms with van der Waals surface area (Å²) in [7, 11) is 0. The number of nitrogens with zero attached hydrogens (tertiary/aromatic N) is 4. The van der Waals surface area contributed by atoms with Crippen LogP contribution >= 0.6 is 0 Å². The Balaban J connectivity index is 1.63. The average Bonchev–Trinajstić information content (AvgIpc) is 2.91. The topological polar surface area (TPSA) is 102 Å². The van der Waals surface area contributed by atoms with Gasteiger partial charge in [0.15, 0.2) is 11.2 Å². The molecule has 0 saturated carbocycles. The second-order valence-corrected chi connectivity index (χ2v) is 11.5. The van der Waals surface area contributed by atoms with Crippen molar-refractivity contribution in [1.82, 2.24) is 19.4 Å². The van der Waals surface area contributed by atoms with E-state index in [1.54, 1.807) is 0 Å². The largest absolute Gasteiger partial charge is 0.389 e. The van der Waals surface area contributed by atoms with Gasteiger partial charge in [0.1, 0.15) is 5.69 Å². The van der Waals surface area contributed by atoms with Crippen LogP contribution in [-0.2, 0) is 16.0 Å². The molecule has 40 heavy (non-hydrogen) atoms. The summed E-state index contributed by atoms with van der Waals surface area (Å²) < 4.78 is 28.5. The first-order valence-corrected chi connectivity index (χ1v) is 14.1. The van der Waals surface area contributed by atoms with Crippen LogP contribution in [-0.4, -0.2) is 75.2 Å². The number of pyridine rings is 1. The third-order valence-electron chi connectivity index (χ3n) is 8.25. The molecule has 2 N–H and O–H groups in total. The lowest BCUT2D eigenvalue weighted by atomic mass is 9.98. The predicted molar refractivity (Wildman–Crippen MR) is 153 cm³/mol. The maximum atomic E-state index is 15.3. The summed E-state index contributed by atoms with van der Waals surface area (Å²) >= 11 is 0. The van der Waals surface area contributed by atoms with E-state index >= 15 is 4.39 Å². The van der Waals surface area contributed by atoms with Gasteiger partial charge in [-0.15, -0.1) is 0 Å². The number of hydrogen-bond donors (Lipinski definition) is 2. The lowest BCUT2D eigenvalue weighted by molar-refractivity contribution is -0.0420. The van der Waals surface area contributed by atoms with Gasteiger partial charge in [0.25, 0.3) is 0 Å². The van der Waals surface area contributed by atoms with Gasteiger partial charge in [-0.1, -0.05) is 0 Å². The number of nitrogens with one attached hydrogen (secondary N) is 1. The van der Waals surface area contributed by atoms with E-state index < -0.39 is 11.9 Å². The van der Waals surface area contributed by atoms with E-state index in [4.69, 9.17) is 9.47 Å². The standard InChI is InChI=1S/C30H40FN5O4/c1-16(2)36-25-10-21(28-23(31)11-32-30(34-28)33-24-7-8-39-15-27(24)37)17(3)9-22(25)29(38)20(6)26(36)12-35-18(4)13-40-14-19(35)5/h9-11,16,18-19,24,27,37H,7-8,12-15H2,1-6H3,(H,32,33,34)/t18-,19+,24-,27-/m1/s1. The Morgan fingerprint density at radius 2 is 1.88 bits per heavy atom. The van der Waals surface area contributed by atoms with E-state index in [9.17, 15) is 9.90 Å². The summed E-state index contributed by atoms with van der Waals surface area (Å²) in [6, 6.07) is 3.95. The second kappa shape index (κ2) is 11.5. The van der Waals surface area contributed by atoms with Gasteiger partial charge >= 0.3 is 0 Å². The average molecular weight is 554 g/mol. The number of fused-ring (bicyclic) bond motifs is 1. The fourth-order valence-electron chi connectivity index (χ4n) is 5.98. The minimum atomic E-state index is -0.702. The molecule has 2 fully saturated rings. The molecule has 10 heteroatoms. The number of anilines is 1. The van der Waals surface area contributed by atoms with Gasteiger partial charge in [-0.3, -0.25) is 9.69 Å². The highest BCUT2D eigenvalue weighted by Crippen LogP contribution is 2.32. The number of ether oxygens (including phenoxy) is 2. The van der Waals surface area contributed by atoms with Gasteiger partial charge in [-0.05, 0) is 65.7 Å². The van der Waals surface area contributed by atoms with Crippen LogP contribution in [0.3, 0.4) is 0 Å². The molecule has 0 aliphatic carbocycles. The van der Waals surface area contributed by atoms with E-state index in [0.29, 0.717) is 43.7 Å². The molecule has 0 unspecified atom stereocenters. The summed E-state index contributed by atoms with van der Waals surface area (Å²) in [6.45, 7) is 14.9. The van der Waals surface area contributed by atoms with Crippen LogP contribution < -0.4 is 10.7 Å². The van der Waals surface area contributed by atoms with E-state index in [1.165, 1.54) is 0 Å². The second-order valence-electron chi connectivity index (χ2n) is 11.5. The molecule has 216 valence electrons. The van der Waals surface area contributed by atoms with Gasteiger partial charge in [0.05, 0.1) is 43.7 Å². The van der Waals surface area contributed by atoms with Crippen LogP contribution in [0.1, 0.15) is 57.0 Å². The molecule has 0 spiro atoms. The number of rotatable bonds is 6. The molecule has 0 radical (unpaired) electrons. The fraction of sp³-hybridized carbons (Fsp3) is 0.567.